The number of aryl methyl sites for hydroxylation is 1. The van der Waals surface area contributed by atoms with Crippen LogP contribution in [-0.2, 0) is 11.2 Å². The Morgan fingerprint density at radius 1 is 1.12 bits per heavy atom. The maximum atomic E-state index is 12.9. The maximum Gasteiger partial charge on any atom is 0.227 e. The Morgan fingerprint density at radius 3 is 2.44 bits per heavy atom. The summed E-state index contributed by atoms with van der Waals surface area (Å²) in [7, 11) is 3.30. The summed E-state index contributed by atoms with van der Waals surface area (Å²) in [6.07, 6.45) is 2.49. The quantitative estimate of drug-likeness (QED) is 0.792. The van der Waals surface area contributed by atoms with Gasteiger partial charge in [-0.2, -0.15) is 0 Å². The number of carbonyl (C=O) groups excluding carboxylic acids is 1. The van der Waals surface area contributed by atoms with Crippen molar-refractivity contribution in [1.82, 2.24) is 0 Å². The monoisotopic (exact) mass is 339 g/mol. The number of nitrogens with zero attached hydrogens (tertiary/aromatic N) is 1. The molecular weight excluding hydrogens is 314 g/mol. The number of amides is 1. The van der Waals surface area contributed by atoms with Gasteiger partial charge in [0.1, 0.15) is 0 Å². The summed E-state index contributed by atoms with van der Waals surface area (Å²) in [5, 5.41) is 0. The number of ether oxygens (including phenoxy) is 2. The smallest absolute Gasteiger partial charge is 0.227 e. The molecule has 1 atom stereocenters. The zero-order valence-corrected chi connectivity index (χ0v) is 15.1. The van der Waals surface area contributed by atoms with Gasteiger partial charge >= 0.3 is 0 Å². The first-order valence-electron chi connectivity index (χ1n) is 8.78. The van der Waals surface area contributed by atoms with Crippen molar-refractivity contribution in [3.8, 4) is 11.5 Å². The Bertz CT molecular complexity index is 742. The Labute approximate surface area is 149 Å². The maximum absolute atomic E-state index is 12.9. The molecule has 4 nitrogen and oxygen atoms in total. The van der Waals surface area contributed by atoms with E-state index in [0.29, 0.717) is 13.0 Å². The molecule has 2 aromatic carbocycles. The zero-order valence-electron chi connectivity index (χ0n) is 15.1. The third kappa shape index (κ3) is 3.48. The summed E-state index contributed by atoms with van der Waals surface area (Å²) in [6.45, 7) is 2.69. The van der Waals surface area contributed by atoms with Crippen molar-refractivity contribution in [1.29, 1.82) is 0 Å². The van der Waals surface area contributed by atoms with E-state index in [1.807, 2.05) is 54.3 Å². The molecule has 0 heterocycles. The number of hydrogen-bond donors (Lipinski definition) is 0. The predicted octanol–water partition coefficient (Wildman–Crippen LogP) is 4.18. The first-order valence-corrected chi connectivity index (χ1v) is 8.78. The Morgan fingerprint density at radius 2 is 1.80 bits per heavy atom. The number of methoxy groups -OCH3 is 2. The number of rotatable bonds is 6. The first-order chi connectivity index (χ1) is 12.2. The van der Waals surface area contributed by atoms with E-state index in [9.17, 15) is 4.79 Å². The van der Waals surface area contributed by atoms with Gasteiger partial charge in [-0.25, -0.2) is 0 Å². The fourth-order valence-electron chi connectivity index (χ4n) is 3.66. The first kappa shape index (κ1) is 17.3. The van der Waals surface area contributed by atoms with Crippen LogP contribution in [0.15, 0.2) is 42.5 Å². The van der Waals surface area contributed by atoms with Gasteiger partial charge in [-0.15, -0.1) is 0 Å². The van der Waals surface area contributed by atoms with Gasteiger partial charge in [0.2, 0.25) is 5.91 Å². The molecule has 1 aliphatic carbocycles. The van der Waals surface area contributed by atoms with Crippen LogP contribution in [0.4, 0.5) is 5.69 Å². The minimum absolute atomic E-state index is 0.168. The molecule has 0 spiro atoms. The van der Waals surface area contributed by atoms with Crippen LogP contribution in [0.2, 0.25) is 0 Å². The summed E-state index contributed by atoms with van der Waals surface area (Å²) < 4.78 is 10.8. The van der Waals surface area contributed by atoms with E-state index in [-0.39, 0.29) is 11.8 Å². The molecule has 25 heavy (non-hydrogen) atoms. The standard InChI is InChI=1S/C21H25NO3/c1-4-22(17-8-6-5-7-9-17)21(23)13-16-11-10-15-12-19(24-2)20(25-3)14-18(15)16/h5-9,12,14,16H,4,10-11,13H2,1-3H3. The van der Waals surface area contributed by atoms with Crippen molar-refractivity contribution in [2.45, 2.75) is 32.1 Å². The molecule has 0 aromatic heterocycles. The third-order valence-electron chi connectivity index (χ3n) is 4.95. The molecule has 132 valence electrons. The van der Waals surface area contributed by atoms with Crippen molar-refractivity contribution >= 4 is 11.6 Å². The van der Waals surface area contributed by atoms with E-state index in [2.05, 4.69) is 0 Å². The second-order valence-corrected chi connectivity index (χ2v) is 6.32. The molecule has 1 aliphatic rings. The van der Waals surface area contributed by atoms with Crippen molar-refractivity contribution in [3.63, 3.8) is 0 Å². The van der Waals surface area contributed by atoms with E-state index in [1.165, 1.54) is 11.1 Å². The highest BCUT2D eigenvalue weighted by atomic mass is 16.5. The van der Waals surface area contributed by atoms with E-state index in [0.717, 1.165) is 30.0 Å². The fourth-order valence-corrected chi connectivity index (χ4v) is 3.66. The molecule has 4 heteroatoms. The number of carbonyl (C=O) groups is 1. The van der Waals surface area contributed by atoms with Crippen LogP contribution < -0.4 is 14.4 Å². The van der Waals surface area contributed by atoms with Crippen LogP contribution >= 0.6 is 0 Å². The molecule has 0 aliphatic heterocycles. The largest absolute Gasteiger partial charge is 0.493 e. The molecule has 2 aromatic rings. The number of benzene rings is 2. The van der Waals surface area contributed by atoms with Crippen molar-refractivity contribution in [3.05, 3.63) is 53.6 Å². The zero-order chi connectivity index (χ0) is 17.8. The van der Waals surface area contributed by atoms with Gasteiger partial charge in [0.25, 0.3) is 0 Å². The lowest BCUT2D eigenvalue weighted by Crippen LogP contribution is -2.31. The van der Waals surface area contributed by atoms with Crippen LogP contribution in [0.5, 0.6) is 11.5 Å². The number of para-hydroxylation sites is 1. The highest BCUT2D eigenvalue weighted by Crippen LogP contribution is 2.42. The van der Waals surface area contributed by atoms with Crippen LogP contribution in [0, 0.1) is 0 Å². The second-order valence-electron chi connectivity index (χ2n) is 6.32. The van der Waals surface area contributed by atoms with E-state index in [1.54, 1.807) is 14.2 Å². The Hall–Kier alpha value is -2.49. The molecule has 1 amide bonds. The van der Waals surface area contributed by atoms with Crippen molar-refractivity contribution in [2.24, 2.45) is 0 Å². The summed E-state index contributed by atoms with van der Waals surface area (Å²) >= 11 is 0. The topological polar surface area (TPSA) is 38.8 Å². The predicted molar refractivity (Wildman–Crippen MR) is 99.7 cm³/mol. The van der Waals surface area contributed by atoms with Crippen molar-refractivity contribution in [2.75, 3.05) is 25.7 Å². The number of fused-ring (bicyclic) bond motifs is 1. The summed E-state index contributed by atoms with van der Waals surface area (Å²) in [5.41, 5.74) is 3.44. The molecule has 3 rings (SSSR count). The molecule has 0 bridgehead atoms. The lowest BCUT2D eigenvalue weighted by Gasteiger charge is -2.23. The molecular formula is C21H25NO3. The minimum atomic E-state index is 0.168. The average molecular weight is 339 g/mol. The second kappa shape index (κ2) is 7.60. The van der Waals surface area contributed by atoms with Crippen LogP contribution in [0.25, 0.3) is 0 Å². The number of hydrogen-bond acceptors (Lipinski definition) is 3. The van der Waals surface area contributed by atoms with E-state index >= 15 is 0 Å². The Kier molecular flexibility index (Phi) is 5.27. The van der Waals surface area contributed by atoms with Crippen molar-refractivity contribution < 1.29 is 14.3 Å². The van der Waals surface area contributed by atoms with Gasteiger partial charge in [0.15, 0.2) is 11.5 Å². The molecule has 0 saturated heterocycles. The highest BCUT2D eigenvalue weighted by Gasteiger charge is 2.28. The molecule has 0 saturated carbocycles. The summed E-state index contributed by atoms with van der Waals surface area (Å²) in [4.78, 5) is 14.7. The van der Waals surface area contributed by atoms with Gasteiger partial charge < -0.3 is 14.4 Å². The normalized spacial score (nSPS) is 15.6. The lowest BCUT2D eigenvalue weighted by atomic mass is 9.96. The van der Waals surface area contributed by atoms with Gasteiger partial charge in [0, 0.05) is 18.7 Å². The van der Waals surface area contributed by atoms with Crippen LogP contribution in [-0.4, -0.2) is 26.7 Å². The highest BCUT2D eigenvalue weighted by molar-refractivity contribution is 5.93. The van der Waals surface area contributed by atoms with E-state index < -0.39 is 0 Å². The van der Waals surface area contributed by atoms with E-state index in [4.69, 9.17) is 9.47 Å². The SMILES string of the molecule is CCN(C(=O)CC1CCc2cc(OC)c(OC)cc21)c1ccccc1. The fraction of sp³-hybridized carbons (Fsp3) is 0.381. The third-order valence-corrected chi connectivity index (χ3v) is 4.95. The molecule has 0 fully saturated rings. The van der Waals surface area contributed by atoms with Gasteiger partial charge in [0.05, 0.1) is 14.2 Å². The minimum Gasteiger partial charge on any atom is -0.493 e. The molecule has 0 radical (unpaired) electrons. The molecule has 0 N–H and O–H groups in total. The number of anilines is 1. The van der Waals surface area contributed by atoms with Crippen LogP contribution in [0.1, 0.15) is 36.8 Å². The Balaban J connectivity index is 1.80. The average Bonchev–Trinajstić information content (AvgIpc) is 3.03. The summed E-state index contributed by atoms with van der Waals surface area (Å²) in [5.74, 6) is 1.89. The molecule has 1 unspecified atom stereocenters. The summed E-state index contributed by atoms with van der Waals surface area (Å²) in [6, 6.07) is 14.0. The van der Waals surface area contributed by atoms with Crippen LogP contribution in [0.3, 0.4) is 0 Å². The van der Waals surface area contributed by atoms with Gasteiger partial charge in [-0.3, -0.25) is 4.79 Å². The lowest BCUT2D eigenvalue weighted by molar-refractivity contribution is -0.118. The van der Waals surface area contributed by atoms with Gasteiger partial charge in [-0.1, -0.05) is 18.2 Å². The van der Waals surface area contributed by atoms with Gasteiger partial charge in [-0.05, 0) is 61.1 Å².